The fourth-order valence-corrected chi connectivity index (χ4v) is 7.22. The Bertz CT molecular complexity index is 1130. The second-order valence-corrected chi connectivity index (χ2v) is 18.5. The summed E-state index contributed by atoms with van der Waals surface area (Å²) >= 11 is 0. The van der Waals surface area contributed by atoms with Crippen molar-refractivity contribution in [2.45, 2.75) is 206 Å². The van der Waals surface area contributed by atoms with E-state index >= 15 is 0 Å². The molecular formula is C49H91N2O6P. The van der Waals surface area contributed by atoms with Crippen LogP contribution in [0.5, 0.6) is 0 Å². The molecule has 2 N–H and O–H groups in total. The van der Waals surface area contributed by atoms with E-state index in [4.69, 9.17) is 9.05 Å². The first-order valence-electron chi connectivity index (χ1n) is 23.7. The van der Waals surface area contributed by atoms with E-state index in [2.05, 4.69) is 67.8 Å². The predicted molar refractivity (Wildman–Crippen MR) is 247 cm³/mol. The number of hydrogen-bond donors (Lipinski definition) is 2. The number of phosphoric ester groups is 1. The summed E-state index contributed by atoms with van der Waals surface area (Å²) in [6.45, 7) is 4.41. The zero-order valence-electron chi connectivity index (χ0n) is 38.2. The van der Waals surface area contributed by atoms with Gasteiger partial charge in [0.1, 0.15) is 13.2 Å². The highest BCUT2D eigenvalue weighted by atomic mass is 31.2. The Morgan fingerprint density at radius 3 is 1.53 bits per heavy atom. The maximum absolute atomic E-state index is 12.8. The average Bonchev–Trinajstić information content (AvgIpc) is 3.17. The van der Waals surface area contributed by atoms with Gasteiger partial charge in [-0.2, -0.15) is 0 Å². The second kappa shape index (κ2) is 40.6. The molecule has 3 atom stereocenters. The highest BCUT2D eigenvalue weighted by Gasteiger charge is 2.23. The van der Waals surface area contributed by atoms with Crippen molar-refractivity contribution in [2.24, 2.45) is 0 Å². The summed E-state index contributed by atoms with van der Waals surface area (Å²) in [6.07, 6.45) is 53.4. The molecule has 0 heterocycles. The Kier molecular flexibility index (Phi) is 39.3. The molecule has 3 unspecified atom stereocenters. The molecule has 0 aromatic heterocycles. The molecule has 0 aromatic carbocycles. The highest BCUT2D eigenvalue weighted by Crippen LogP contribution is 2.38. The molecule has 0 bridgehead atoms. The number of nitrogens with one attached hydrogen (secondary N) is 1. The van der Waals surface area contributed by atoms with E-state index < -0.39 is 20.0 Å². The van der Waals surface area contributed by atoms with Crippen LogP contribution in [0.3, 0.4) is 0 Å². The zero-order valence-corrected chi connectivity index (χ0v) is 39.1. The van der Waals surface area contributed by atoms with Crippen LogP contribution in [0.25, 0.3) is 0 Å². The maximum Gasteiger partial charge on any atom is 0.268 e. The molecule has 0 aliphatic rings. The Morgan fingerprint density at radius 1 is 0.621 bits per heavy atom. The lowest BCUT2D eigenvalue weighted by Gasteiger charge is -2.29. The number of phosphoric acid groups is 1. The molecule has 9 heteroatoms. The van der Waals surface area contributed by atoms with E-state index in [0.717, 1.165) is 70.6 Å². The van der Waals surface area contributed by atoms with Crippen LogP contribution in [-0.4, -0.2) is 68.5 Å². The number of allylic oxidation sites excluding steroid dienone is 9. The summed E-state index contributed by atoms with van der Waals surface area (Å²) in [5.74, 6) is -0.206. The lowest BCUT2D eigenvalue weighted by atomic mass is 10.0. The second-order valence-electron chi connectivity index (χ2n) is 17.1. The Balaban J connectivity index is 3.87. The van der Waals surface area contributed by atoms with Crippen molar-refractivity contribution in [1.82, 2.24) is 5.32 Å². The number of unbranched alkanes of at least 4 members (excludes halogenated alkanes) is 21. The van der Waals surface area contributed by atoms with Crippen LogP contribution in [0.15, 0.2) is 60.8 Å². The number of quaternary nitrogens is 1. The number of nitrogens with zero attached hydrogens (tertiary/aromatic N) is 1. The summed E-state index contributed by atoms with van der Waals surface area (Å²) in [5, 5.41) is 13.6. The third-order valence-corrected chi connectivity index (χ3v) is 11.2. The number of amides is 1. The van der Waals surface area contributed by atoms with Crippen LogP contribution in [0.4, 0.5) is 0 Å². The van der Waals surface area contributed by atoms with Crippen LogP contribution in [0.2, 0.25) is 0 Å². The van der Waals surface area contributed by atoms with Crippen molar-refractivity contribution in [3.8, 4) is 0 Å². The molecule has 0 aromatic rings. The molecule has 0 rings (SSSR count). The molecule has 1 amide bonds. The first-order chi connectivity index (χ1) is 28.0. The SMILES string of the molecule is CC/C=C\C/C=C\C/C=C\C/C=C\CCCCCCCCCCCCCCCCCCCCC(=O)NC(COP(=O)([O-])OCC[N+](C)(C)C)C(O)/C=C/CCCCC. The quantitative estimate of drug-likeness (QED) is 0.0274. The van der Waals surface area contributed by atoms with Gasteiger partial charge in [-0.25, -0.2) is 0 Å². The molecule has 0 saturated heterocycles. The standard InChI is InChI=1S/C49H91N2O6P/c1-6-8-10-12-13-14-15-16-17-18-19-20-21-22-23-24-25-26-27-28-29-30-31-32-33-34-35-36-37-39-41-43-49(53)50-47(48(52)42-40-38-11-9-7-2)46-57-58(54,55)56-45-44-51(3,4)5/h8,10,13-14,16-17,19-20,40,42,47-48,52H,6-7,9,11-12,15,18,21-39,41,43-46H2,1-5H3,(H-,50,53,54,55)/b10-8-,14-13-,17-16-,20-19-,42-40+. The normalized spacial score (nSPS) is 14.8. The van der Waals surface area contributed by atoms with Gasteiger partial charge in [0.2, 0.25) is 5.91 Å². The van der Waals surface area contributed by atoms with Crippen LogP contribution in [0.1, 0.15) is 194 Å². The maximum atomic E-state index is 12.8. The molecular weight excluding hydrogens is 744 g/mol. The number of rotatable bonds is 42. The van der Waals surface area contributed by atoms with Gasteiger partial charge in [0.05, 0.1) is 39.9 Å². The third-order valence-electron chi connectivity index (χ3n) is 10.2. The average molecular weight is 835 g/mol. The van der Waals surface area contributed by atoms with Gasteiger partial charge in [0.25, 0.3) is 7.82 Å². The predicted octanol–water partition coefficient (Wildman–Crippen LogP) is 12.8. The topological polar surface area (TPSA) is 108 Å². The minimum Gasteiger partial charge on any atom is -0.756 e. The summed E-state index contributed by atoms with van der Waals surface area (Å²) in [4.78, 5) is 25.1. The van der Waals surface area contributed by atoms with Crippen molar-refractivity contribution in [2.75, 3.05) is 40.9 Å². The Labute approximate surface area is 358 Å². The number of carbonyl (C=O) groups is 1. The van der Waals surface area contributed by atoms with Crippen LogP contribution in [0, 0.1) is 0 Å². The molecule has 0 saturated carbocycles. The van der Waals surface area contributed by atoms with Crippen molar-refractivity contribution in [1.29, 1.82) is 0 Å². The summed E-state index contributed by atoms with van der Waals surface area (Å²) in [7, 11) is 1.25. The lowest BCUT2D eigenvalue weighted by molar-refractivity contribution is -0.870. The van der Waals surface area contributed by atoms with Gasteiger partial charge >= 0.3 is 0 Å². The van der Waals surface area contributed by atoms with E-state index in [1.54, 1.807) is 6.08 Å². The van der Waals surface area contributed by atoms with E-state index in [-0.39, 0.29) is 19.1 Å². The first-order valence-corrected chi connectivity index (χ1v) is 25.1. The summed E-state index contributed by atoms with van der Waals surface area (Å²) in [5.41, 5.74) is 0. The molecule has 338 valence electrons. The number of hydrogen-bond acceptors (Lipinski definition) is 6. The van der Waals surface area contributed by atoms with Gasteiger partial charge in [-0.3, -0.25) is 9.36 Å². The van der Waals surface area contributed by atoms with Crippen LogP contribution < -0.4 is 10.2 Å². The molecule has 0 fully saturated rings. The fraction of sp³-hybridized carbons (Fsp3) is 0.776. The summed E-state index contributed by atoms with van der Waals surface area (Å²) < 4.78 is 23.0. The van der Waals surface area contributed by atoms with Gasteiger partial charge < -0.3 is 28.8 Å². The lowest BCUT2D eigenvalue weighted by Crippen LogP contribution is -2.45. The van der Waals surface area contributed by atoms with Gasteiger partial charge in [0.15, 0.2) is 0 Å². The van der Waals surface area contributed by atoms with Crippen LogP contribution >= 0.6 is 7.82 Å². The zero-order chi connectivity index (χ0) is 42.8. The van der Waals surface area contributed by atoms with E-state index in [1.807, 2.05) is 27.2 Å². The molecule has 8 nitrogen and oxygen atoms in total. The summed E-state index contributed by atoms with van der Waals surface area (Å²) in [6, 6.07) is -0.882. The van der Waals surface area contributed by atoms with E-state index in [1.165, 1.54) is 103 Å². The third kappa shape index (κ3) is 42.3. The van der Waals surface area contributed by atoms with E-state index in [9.17, 15) is 19.4 Å². The molecule has 0 radical (unpaired) electrons. The van der Waals surface area contributed by atoms with Crippen molar-refractivity contribution < 1.29 is 32.9 Å². The van der Waals surface area contributed by atoms with E-state index in [0.29, 0.717) is 17.4 Å². The number of carbonyl (C=O) groups excluding carboxylic acids is 1. The van der Waals surface area contributed by atoms with Crippen LogP contribution in [-0.2, 0) is 18.4 Å². The number of aliphatic hydroxyl groups excluding tert-OH is 1. The smallest absolute Gasteiger partial charge is 0.268 e. The van der Waals surface area contributed by atoms with Gasteiger partial charge in [0, 0.05) is 6.42 Å². The number of aliphatic hydroxyl groups is 1. The molecule has 58 heavy (non-hydrogen) atoms. The minimum atomic E-state index is -4.57. The molecule has 0 aliphatic heterocycles. The van der Waals surface area contributed by atoms with Crippen molar-refractivity contribution in [3.63, 3.8) is 0 Å². The Morgan fingerprint density at radius 2 is 1.05 bits per heavy atom. The highest BCUT2D eigenvalue weighted by molar-refractivity contribution is 7.45. The van der Waals surface area contributed by atoms with Crippen molar-refractivity contribution in [3.05, 3.63) is 60.8 Å². The minimum absolute atomic E-state index is 0.00268. The van der Waals surface area contributed by atoms with Gasteiger partial charge in [-0.05, 0) is 57.8 Å². The van der Waals surface area contributed by atoms with Crippen molar-refractivity contribution >= 4 is 13.7 Å². The van der Waals surface area contributed by atoms with Gasteiger partial charge in [-0.1, -0.05) is 190 Å². The fourth-order valence-electron chi connectivity index (χ4n) is 6.50. The number of likely N-dealkylation sites (N-methyl/N-ethyl adjacent to an activating group) is 1. The first kappa shape index (κ1) is 56.2. The Hall–Kier alpha value is -1.80. The van der Waals surface area contributed by atoms with Gasteiger partial charge in [-0.15, -0.1) is 0 Å². The molecule has 0 spiro atoms. The molecule has 0 aliphatic carbocycles. The largest absolute Gasteiger partial charge is 0.756 e. The monoisotopic (exact) mass is 835 g/mol.